The summed E-state index contributed by atoms with van der Waals surface area (Å²) in [6.07, 6.45) is 0.716. The highest BCUT2D eigenvalue weighted by Crippen LogP contribution is 2.54. The van der Waals surface area contributed by atoms with E-state index in [1.807, 2.05) is 0 Å². The fourth-order valence-corrected chi connectivity index (χ4v) is 6.78. The standard InChI is InChI=1S/C28H34F3N7O4S/c1-18-15-22(33-26(32-18)38-10-2-3-19(17-38)28(29,30)31)25-35-34-24(42-25)21-5-4-20(36-43(40,41)14-13-39)16-23(21)37-11-8-27(6-7-27)9-12-37/h4-5,15-16,19,36,39H,2-3,6-14,17H2,1H3. The van der Waals surface area contributed by atoms with Crippen molar-refractivity contribution < 1.29 is 31.1 Å². The van der Waals surface area contributed by atoms with Gasteiger partial charge in [0.2, 0.25) is 21.9 Å². The molecule has 2 aliphatic heterocycles. The second-order valence-electron chi connectivity index (χ2n) is 11.8. The first-order chi connectivity index (χ1) is 20.4. The molecule has 4 heterocycles. The van der Waals surface area contributed by atoms with Crippen LogP contribution in [0, 0.1) is 18.3 Å². The molecule has 232 valence electrons. The molecule has 3 aliphatic rings. The number of aliphatic hydroxyl groups is 1. The first-order valence-corrected chi connectivity index (χ1v) is 16.1. The lowest BCUT2D eigenvalue weighted by Gasteiger charge is -2.35. The Morgan fingerprint density at radius 1 is 1.05 bits per heavy atom. The zero-order valence-electron chi connectivity index (χ0n) is 23.8. The van der Waals surface area contributed by atoms with Gasteiger partial charge in [-0.1, -0.05) is 0 Å². The lowest BCUT2D eigenvalue weighted by molar-refractivity contribution is -0.176. The van der Waals surface area contributed by atoms with Gasteiger partial charge in [0.05, 0.1) is 35.2 Å². The van der Waals surface area contributed by atoms with Gasteiger partial charge >= 0.3 is 6.18 Å². The van der Waals surface area contributed by atoms with Crippen molar-refractivity contribution in [2.24, 2.45) is 11.3 Å². The zero-order valence-corrected chi connectivity index (χ0v) is 24.6. The number of hydrogen-bond donors (Lipinski definition) is 2. The number of piperidine rings is 2. The minimum atomic E-state index is -4.29. The summed E-state index contributed by atoms with van der Waals surface area (Å²) in [5, 5.41) is 17.6. The van der Waals surface area contributed by atoms with Crippen LogP contribution in [0.25, 0.3) is 23.0 Å². The number of nitrogens with zero attached hydrogens (tertiary/aromatic N) is 6. The highest BCUT2D eigenvalue weighted by Gasteiger charge is 2.45. The van der Waals surface area contributed by atoms with Gasteiger partial charge in [0.25, 0.3) is 5.89 Å². The van der Waals surface area contributed by atoms with Crippen molar-refractivity contribution in [3.8, 4) is 23.0 Å². The normalized spacial score (nSPS) is 20.4. The van der Waals surface area contributed by atoms with Crippen molar-refractivity contribution in [2.45, 2.75) is 51.6 Å². The van der Waals surface area contributed by atoms with Gasteiger partial charge in [-0.15, -0.1) is 10.2 Å². The Bertz CT molecular complexity index is 1580. The van der Waals surface area contributed by atoms with Gasteiger partial charge in [0.15, 0.2) is 0 Å². The number of nitrogens with one attached hydrogen (secondary N) is 1. The van der Waals surface area contributed by atoms with Crippen molar-refractivity contribution in [1.29, 1.82) is 0 Å². The first kappa shape index (κ1) is 29.6. The number of alkyl halides is 3. The Labute approximate surface area is 247 Å². The number of aromatic nitrogens is 4. The van der Waals surface area contributed by atoms with Gasteiger partial charge < -0.3 is 19.3 Å². The van der Waals surface area contributed by atoms with Crippen LogP contribution in [-0.2, 0) is 10.0 Å². The van der Waals surface area contributed by atoms with E-state index in [2.05, 4.69) is 29.8 Å². The summed E-state index contributed by atoms with van der Waals surface area (Å²) in [6.45, 7) is 3.03. The van der Waals surface area contributed by atoms with E-state index in [1.54, 1.807) is 36.1 Å². The molecule has 1 aromatic carbocycles. The molecule has 1 atom stereocenters. The first-order valence-electron chi connectivity index (χ1n) is 14.5. The van der Waals surface area contributed by atoms with Crippen LogP contribution in [0.3, 0.4) is 0 Å². The maximum absolute atomic E-state index is 13.4. The molecule has 15 heteroatoms. The highest BCUT2D eigenvalue weighted by molar-refractivity contribution is 7.92. The third kappa shape index (κ3) is 6.56. The van der Waals surface area contributed by atoms with Crippen molar-refractivity contribution in [3.63, 3.8) is 0 Å². The van der Waals surface area contributed by atoms with E-state index >= 15 is 0 Å². The molecule has 1 spiro atoms. The monoisotopic (exact) mass is 621 g/mol. The molecule has 43 heavy (non-hydrogen) atoms. The molecule has 1 saturated carbocycles. The predicted octanol–water partition coefficient (Wildman–Crippen LogP) is 4.40. The third-order valence-electron chi connectivity index (χ3n) is 8.64. The average molecular weight is 622 g/mol. The van der Waals surface area contributed by atoms with Crippen LogP contribution in [0.5, 0.6) is 0 Å². The van der Waals surface area contributed by atoms with E-state index in [9.17, 15) is 21.6 Å². The lowest BCUT2D eigenvalue weighted by Crippen LogP contribution is -2.42. The van der Waals surface area contributed by atoms with Gasteiger partial charge in [-0.3, -0.25) is 4.72 Å². The van der Waals surface area contributed by atoms with E-state index < -0.39 is 34.5 Å². The summed E-state index contributed by atoms with van der Waals surface area (Å²) in [6, 6.07) is 6.70. The van der Waals surface area contributed by atoms with E-state index in [0.29, 0.717) is 41.0 Å². The minimum Gasteiger partial charge on any atom is -0.415 e. The number of halogens is 3. The average Bonchev–Trinajstić information content (AvgIpc) is 3.52. The van der Waals surface area contributed by atoms with E-state index in [0.717, 1.165) is 31.6 Å². The van der Waals surface area contributed by atoms with Crippen molar-refractivity contribution in [3.05, 3.63) is 30.0 Å². The van der Waals surface area contributed by atoms with Crippen molar-refractivity contribution in [2.75, 3.05) is 53.1 Å². The molecule has 2 saturated heterocycles. The van der Waals surface area contributed by atoms with Crippen LogP contribution >= 0.6 is 0 Å². The number of sulfonamides is 1. The Balaban J connectivity index is 1.30. The molecule has 1 aliphatic carbocycles. The number of hydrogen-bond acceptors (Lipinski definition) is 10. The van der Waals surface area contributed by atoms with Gasteiger partial charge in [0, 0.05) is 31.9 Å². The van der Waals surface area contributed by atoms with Crippen LogP contribution in [0.2, 0.25) is 0 Å². The summed E-state index contributed by atoms with van der Waals surface area (Å²) in [7, 11) is -3.73. The molecule has 0 amide bonds. The molecule has 3 fully saturated rings. The van der Waals surface area contributed by atoms with Gasteiger partial charge in [-0.25, -0.2) is 18.4 Å². The largest absolute Gasteiger partial charge is 0.415 e. The smallest absolute Gasteiger partial charge is 0.393 e. The molecule has 1 unspecified atom stereocenters. The molecular formula is C28H34F3N7O4S. The lowest BCUT2D eigenvalue weighted by atomic mass is 9.93. The van der Waals surface area contributed by atoms with E-state index in [-0.39, 0.29) is 30.7 Å². The molecule has 3 aromatic rings. The quantitative estimate of drug-likeness (QED) is 0.372. The predicted molar refractivity (Wildman–Crippen MR) is 154 cm³/mol. The SMILES string of the molecule is Cc1cc(-c2nnc(-c3ccc(NS(=O)(=O)CCO)cc3N3CCC4(CC3)CC4)o2)nc(N2CCCC(C(F)(F)F)C2)n1. The van der Waals surface area contributed by atoms with Crippen LogP contribution in [0.15, 0.2) is 28.7 Å². The number of anilines is 3. The second kappa shape index (κ2) is 11.2. The molecule has 0 radical (unpaired) electrons. The Morgan fingerprint density at radius 2 is 1.79 bits per heavy atom. The Morgan fingerprint density at radius 3 is 2.49 bits per heavy atom. The highest BCUT2D eigenvalue weighted by atomic mass is 32.2. The van der Waals surface area contributed by atoms with E-state index in [1.165, 1.54) is 12.8 Å². The Hall–Kier alpha value is -3.46. The van der Waals surface area contributed by atoms with Gasteiger partial charge in [0.1, 0.15) is 5.69 Å². The van der Waals surface area contributed by atoms with Crippen LogP contribution in [-0.4, -0.2) is 78.4 Å². The van der Waals surface area contributed by atoms with Crippen molar-refractivity contribution >= 4 is 27.3 Å². The number of benzene rings is 1. The summed E-state index contributed by atoms with van der Waals surface area (Å²) in [4.78, 5) is 12.6. The molecule has 2 aromatic heterocycles. The Kier molecular flexibility index (Phi) is 7.73. The second-order valence-corrected chi connectivity index (χ2v) is 13.6. The van der Waals surface area contributed by atoms with Crippen molar-refractivity contribution in [1.82, 2.24) is 20.2 Å². The van der Waals surface area contributed by atoms with Gasteiger partial charge in [-0.05, 0) is 75.1 Å². The fraction of sp³-hybridized carbons (Fsp3) is 0.571. The minimum absolute atomic E-state index is 0.0771. The van der Waals surface area contributed by atoms with Crippen LogP contribution in [0.4, 0.5) is 30.5 Å². The third-order valence-corrected chi connectivity index (χ3v) is 9.90. The molecule has 0 bridgehead atoms. The summed E-state index contributed by atoms with van der Waals surface area (Å²) >= 11 is 0. The topological polar surface area (TPSA) is 138 Å². The summed E-state index contributed by atoms with van der Waals surface area (Å²) in [5.74, 6) is -1.37. The maximum Gasteiger partial charge on any atom is 0.393 e. The van der Waals surface area contributed by atoms with Crippen LogP contribution < -0.4 is 14.5 Å². The zero-order chi connectivity index (χ0) is 30.4. The number of aliphatic hydroxyl groups excluding tert-OH is 1. The maximum atomic E-state index is 13.4. The number of rotatable bonds is 8. The van der Waals surface area contributed by atoms with Crippen LogP contribution in [0.1, 0.15) is 44.2 Å². The molecular weight excluding hydrogens is 587 g/mol. The molecule has 2 N–H and O–H groups in total. The number of aryl methyl sites for hydroxylation is 1. The summed E-state index contributed by atoms with van der Waals surface area (Å²) < 4.78 is 73.5. The van der Waals surface area contributed by atoms with E-state index in [4.69, 9.17) is 9.52 Å². The molecule has 6 rings (SSSR count). The molecule has 11 nitrogen and oxygen atoms in total. The van der Waals surface area contributed by atoms with Gasteiger partial charge in [-0.2, -0.15) is 13.2 Å². The summed E-state index contributed by atoms with van der Waals surface area (Å²) in [5.41, 5.74) is 2.99. The fourth-order valence-electron chi connectivity index (χ4n) is 5.95.